The van der Waals surface area contributed by atoms with E-state index < -0.39 is 20.0 Å². The van der Waals surface area contributed by atoms with Crippen LogP contribution in [-0.2, 0) is 20.0 Å². The van der Waals surface area contributed by atoms with E-state index in [9.17, 15) is 16.8 Å². The van der Waals surface area contributed by atoms with Crippen molar-refractivity contribution in [3.8, 4) is 5.69 Å². The van der Waals surface area contributed by atoms with Gasteiger partial charge in [-0.2, -0.15) is 10.2 Å². The minimum absolute atomic E-state index is 0.00490. The molecule has 1 aliphatic heterocycles. The molecule has 1 atom stereocenters. The molecule has 0 spiro atoms. The lowest BCUT2D eigenvalue weighted by molar-refractivity contribution is 0.596. The summed E-state index contributed by atoms with van der Waals surface area (Å²) >= 11 is 6.91. The van der Waals surface area contributed by atoms with Crippen molar-refractivity contribution in [3.63, 3.8) is 0 Å². The lowest BCUT2D eigenvalue weighted by Gasteiger charge is -2.24. The Kier molecular flexibility index (Phi) is 6.85. The molecule has 0 radical (unpaired) electrons. The van der Waals surface area contributed by atoms with Gasteiger partial charge in [0, 0.05) is 12.0 Å². The standard InChI is InChI=1S/C26H25ClN6O4S2/c1-16-3-5-18(6-4-16)23-15-24(32(31-23)19-7-11-21(12-8-19)38(28,34)35)25-17(2)30-33(26(25)27)20-9-13-22(14-10-20)39(29,36)37/h3-14,24H,15H2,1-2H3,(H2,28,34,35)(H2,29,36,37). The van der Waals surface area contributed by atoms with Crippen LogP contribution in [0.3, 0.4) is 0 Å². The molecule has 39 heavy (non-hydrogen) atoms. The second kappa shape index (κ2) is 9.88. The van der Waals surface area contributed by atoms with Gasteiger partial charge < -0.3 is 0 Å². The summed E-state index contributed by atoms with van der Waals surface area (Å²) in [6, 6.07) is 19.8. The molecule has 0 bridgehead atoms. The van der Waals surface area contributed by atoms with Crippen LogP contribution in [0, 0.1) is 13.8 Å². The van der Waals surface area contributed by atoms with Crippen LogP contribution in [0.25, 0.3) is 5.69 Å². The summed E-state index contributed by atoms with van der Waals surface area (Å²) in [5, 5.41) is 22.2. The van der Waals surface area contributed by atoms with Gasteiger partial charge in [-0.1, -0.05) is 41.4 Å². The summed E-state index contributed by atoms with van der Waals surface area (Å²) in [7, 11) is -7.70. The van der Waals surface area contributed by atoms with E-state index in [4.69, 9.17) is 27.0 Å². The first-order valence-corrected chi connectivity index (χ1v) is 15.2. The molecule has 5 rings (SSSR count). The number of nitrogens with zero attached hydrogens (tertiary/aromatic N) is 4. The Bertz CT molecular complexity index is 1800. The summed E-state index contributed by atoms with van der Waals surface area (Å²) in [6.07, 6.45) is 0.511. The molecule has 0 saturated carbocycles. The summed E-state index contributed by atoms with van der Waals surface area (Å²) in [5.41, 5.74) is 5.50. The van der Waals surface area contributed by atoms with Gasteiger partial charge in [-0.05, 0) is 67.9 Å². The smallest absolute Gasteiger partial charge is 0.238 e. The fourth-order valence-electron chi connectivity index (χ4n) is 4.52. The van der Waals surface area contributed by atoms with Crippen LogP contribution in [0.2, 0.25) is 5.15 Å². The van der Waals surface area contributed by atoms with Crippen LogP contribution < -0.4 is 15.3 Å². The fourth-order valence-corrected chi connectivity index (χ4v) is 5.95. The monoisotopic (exact) mass is 584 g/mol. The van der Waals surface area contributed by atoms with Crippen molar-refractivity contribution < 1.29 is 16.8 Å². The number of benzene rings is 3. The van der Waals surface area contributed by atoms with E-state index in [1.165, 1.54) is 28.9 Å². The average molecular weight is 585 g/mol. The van der Waals surface area contributed by atoms with Crippen molar-refractivity contribution in [3.05, 3.63) is 100 Å². The Morgan fingerprint density at radius 3 is 1.82 bits per heavy atom. The SMILES string of the molecule is Cc1ccc(C2=NN(c3ccc(S(N)(=O)=O)cc3)C(c3c(C)nn(-c4ccc(S(N)(=O)=O)cc4)c3Cl)C2)cc1. The van der Waals surface area contributed by atoms with Crippen molar-refractivity contribution in [2.45, 2.75) is 36.1 Å². The number of hydrogen-bond acceptors (Lipinski definition) is 7. The van der Waals surface area contributed by atoms with Crippen LogP contribution in [0.15, 0.2) is 87.7 Å². The normalized spacial score (nSPS) is 16.0. The third-order valence-corrected chi connectivity index (χ3v) is 8.74. The molecule has 0 amide bonds. The molecule has 1 unspecified atom stereocenters. The number of aryl methyl sites for hydroxylation is 2. The van der Waals surface area contributed by atoms with Gasteiger partial charge >= 0.3 is 0 Å². The van der Waals surface area contributed by atoms with Gasteiger partial charge in [-0.25, -0.2) is 31.8 Å². The number of anilines is 1. The van der Waals surface area contributed by atoms with E-state index in [2.05, 4.69) is 5.10 Å². The first-order chi connectivity index (χ1) is 18.3. The zero-order chi connectivity index (χ0) is 28.1. The molecule has 0 aliphatic carbocycles. The topological polar surface area (TPSA) is 154 Å². The molecule has 4 N–H and O–H groups in total. The van der Waals surface area contributed by atoms with Crippen molar-refractivity contribution in [2.24, 2.45) is 15.4 Å². The van der Waals surface area contributed by atoms with Gasteiger partial charge in [-0.15, -0.1) is 0 Å². The van der Waals surface area contributed by atoms with Crippen LogP contribution >= 0.6 is 11.6 Å². The van der Waals surface area contributed by atoms with Gasteiger partial charge in [0.2, 0.25) is 20.0 Å². The van der Waals surface area contributed by atoms with Crippen LogP contribution in [0.5, 0.6) is 0 Å². The second-order valence-corrected chi connectivity index (χ2v) is 12.7. The molecular weight excluding hydrogens is 560 g/mol. The molecule has 10 nitrogen and oxygen atoms in total. The minimum atomic E-state index is -3.85. The Labute approximate surface area is 231 Å². The summed E-state index contributed by atoms with van der Waals surface area (Å²) in [4.78, 5) is -0.0257. The number of rotatable bonds is 6. The van der Waals surface area contributed by atoms with Crippen LogP contribution in [0.1, 0.15) is 34.8 Å². The number of hydrogen-bond donors (Lipinski definition) is 2. The predicted molar refractivity (Wildman–Crippen MR) is 150 cm³/mol. The van der Waals surface area contributed by atoms with E-state index in [0.717, 1.165) is 22.4 Å². The zero-order valence-corrected chi connectivity index (χ0v) is 23.4. The average Bonchev–Trinajstić information content (AvgIpc) is 3.44. The van der Waals surface area contributed by atoms with Gasteiger partial charge in [-0.3, -0.25) is 5.01 Å². The predicted octanol–water partition coefficient (Wildman–Crippen LogP) is 3.79. The summed E-state index contributed by atoms with van der Waals surface area (Å²) < 4.78 is 48.4. The molecule has 1 aliphatic rings. The highest BCUT2D eigenvalue weighted by molar-refractivity contribution is 7.89. The van der Waals surface area contributed by atoms with Gasteiger partial charge in [0.25, 0.3) is 0 Å². The van der Waals surface area contributed by atoms with Crippen molar-refractivity contribution in [1.29, 1.82) is 0 Å². The number of nitrogens with two attached hydrogens (primary N) is 2. The quantitative estimate of drug-likeness (QED) is 0.351. The van der Waals surface area contributed by atoms with Crippen LogP contribution in [-0.4, -0.2) is 32.3 Å². The Balaban J connectivity index is 1.58. The molecule has 2 heterocycles. The van der Waals surface area contributed by atoms with E-state index in [1.54, 1.807) is 29.3 Å². The van der Waals surface area contributed by atoms with Crippen molar-refractivity contribution >= 4 is 43.0 Å². The molecule has 1 aromatic heterocycles. The highest BCUT2D eigenvalue weighted by Gasteiger charge is 2.35. The molecule has 0 fully saturated rings. The highest BCUT2D eigenvalue weighted by atomic mass is 35.5. The lowest BCUT2D eigenvalue weighted by Crippen LogP contribution is -2.20. The van der Waals surface area contributed by atoms with Gasteiger partial charge in [0.05, 0.1) is 38.6 Å². The van der Waals surface area contributed by atoms with E-state index in [-0.39, 0.29) is 15.8 Å². The van der Waals surface area contributed by atoms with Gasteiger partial charge in [0.15, 0.2) is 0 Å². The number of primary sulfonamides is 2. The van der Waals surface area contributed by atoms with Crippen molar-refractivity contribution in [1.82, 2.24) is 9.78 Å². The first-order valence-electron chi connectivity index (χ1n) is 11.8. The van der Waals surface area contributed by atoms with Gasteiger partial charge in [0.1, 0.15) is 5.15 Å². The van der Waals surface area contributed by atoms with E-state index in [1.807, 2.05) is 38.1 Å². The number of sulfonamides is 2. The lowest BCUT2D eigenvalue weighted by atomic mass is 9.98. The number of hydrazone groups is 1. The first kappa shape index (κ1) is 27.0. The molecule has 0 saturated heterocycles. The molecular formula is C26H25ClN6O4S2. The van der Waals surface area contributed by atoms with E-state index in [0.29, 0.717) is 28.6 Å². The highest BCUT2D eigenvalue weighted by Crippen LogP contribution is 2.41. The molecule has 4 aromatic rings. The summed E-state index contributed by atoms with van der Waals surface area (Å²) in [5.74, 6) is 0. The van der Waals surface area contributed by atoms with E-state index >= 15 is 0 Å². The number of halogens is 1. The largest absolute Gasteiger partial charge is 0.257 e. The van der Waals surface area contributed by atoms with Crippen LogP contribution in [0.4, 0.5) is 5.69 Å². The molecule has 3 aromatic carbocycles. The summed E-state index contributed by atoms with van der Waals surface area (Å²) in [6.45, 7) is 3.85. The maximum absolute atomic E-state index is 11.8. The third kappa shape index (κ3) is 5.34. The Morgan fingerprint density at radius 2 is 1.31 bits per heavy atom. The third-order valence-electron chi connectivity index (χ3n) is 6.52. The van der Waals surface area contributed by atoms with Crippen molar-refractivity contribution in [2.75, 3.05) is 5.01 Å². The maximum atomic E-state index is 11.8. The second-order valence-electron chi connectivity index (χ2n) is 9.26. The number of aromatic nitrogens is 2. The molecule has 13 heteroatoms. The Morgan fingerprint density at radius 1 is 0.795 bits per heavy atom. The zero-order valence-electron chi connectivity index (χ0n) is 21.0. The molecule has 202 valence electrons. The maximum Gasteiger partial charge on any atom is 0.238 e. The minimum Gasteiger partial charge on any atom is -0.257 e. The Hall–Kier alpha value is -3.55. The fraction of sp³-hybridized carbons (Fsp3) is 0.154.